The fourth-order valence-electron chi connectivity index (χ4n) is 1.92. The van der Waals surface area contributed by atoms with E-state index in [1.165, 1.54) is 12.1 Å². The van der Waals surface area contributed by atoms with Crippen molar-refractivity contribution in [3.05, 3.63) is 63.5 Å². The molecule has 2 N–H and O–H groups in total. The predicted octanol–water partition coefficient (Wildman–Crippen LogP) is 3.48. The van der Waals surface area contributed by atoms with E-state index in [0.29, 0.717) is 11.3 Å². The Morgan fingerprint density at radius 2 is 2.00 bits per heavy atom. The molecule has 0 atom stereocenters. The summed E-state index contributed by atoms with van der Waals surface area (Å²) in [5.74, 6) is -1.74. The molecule has 0 saturated carbocycles. The van der Waals surface area contributed by atoms with E-state index in [2.05, 4.69) is 5.32 Å². The number of carboxylic acids is 1. The molecule has 0 aliphatic heterocycles. The van der Waals surface area contributed by atoms with Crippen molar-refractivity contribution < 1.29 is 19.2 Å². The van der Waals surface area contributed by atoms with E-state index in [1.54, 1.807) is 13.0 Å². The SMILES string of the molecule is Cc1c(Nc2cc(F)ccc2[N+](=O)[O-])cccc1C(=O)O. The number of hydrogen-bond donors (Lipinski definition) is 2. The minimum atomic E-state index is -1.11. The van der Waals surface area contributed by atoms with Crippen LogP contribution in [0.1, 0.15) is 15.9 Å². The Bertz CT molecular complexity index is 731. The van der Waals surface area contributed by atoms with Crippen LogP contribution in [0.4, 0.5) is 21.5 Å². The number of anilines is 2. The quantitative estimate of drug-likeness (QED) is 0.664. The minimum absolute atomic E-state index is 0.0364. The Balaban J connectivity index is 2.48. The first-order valence-electron chi connectivity index (χ1n) is 5.94. The maximum absolute atomic E-state index is 13.3. The number of benzene rings is 2. The zero-order valence-electron chi connectivity index (χ0n) is 11.0. The summed E-state index contributed by atoms with van der Waals surface area (Å²) in [6.45, 7) is 1.57. The van der Waals surface area contributed by atoms with E-state index >= 15 is 0 Å². The highest BCUT2D eigenvalue weighted by Gasteiger charge is 2.17. The molecule has 0 unspecified atom stereocenters. The van der Waals surface area contributed by atoms with Crippen molar-refractivity contribution in [3.63, 3.8) is 0 Å². The lowest BCUT2D eigenvalue weighted by molar-refractivity contribution is -0.384. The Hall–Kier alpha value is -2.96. The monoisotopic (exact) mass is 290 g/mol. The number of nitrogens with one attached hydrogen (secondary N) is 1. The number of hydrogen-bond acceptors (Lipinski definition) is 4. The van der Waals surface area contributed by atoms with E-state index in [4.69, 9.17) is 5.11 Å². The van der Waals surface area contributed by atoms with Gasteiger partial charge in [-0.2, -0.15) is 0 Å². The molecule has 108 valence electrons. The molecule has 0 saturated heterocycles. The number of halogens is 1. The van der Waals surface area contributed by atoms with Gasteiger partial charge in [-0.05, 0) is 30.7 Å². The van der Waals surface area contributed by atoms with Gasteiger partial charge in [0.05, 0.1) is 10.5 Å². The Morgan fingerprint density at radius 3 is 2.62 bits per heavy atom. The molecule has 0 bridgehead atoms. The standard InChI is InChI=1S/C14H11FN2O4/c1-8-10(14(18)19)3-2-4-11(8)16-12-7-9(15)5-6-13(12)17(20)21/h2-7,16H,1H3,(H,18,19). The number of aromatic carboxylic acids is 1. The predicted molar refractivity (Wildman–Crippen MR) is 74.5 cm³/mol. The van der Waals surface area contributed by atoms with Crippen LogP contribution in [0.15, 0.2) is 36.4 Å². The van der Waals surface area contributed by atoms with Crippen molar-refractivity contribution in [2.75, 3.05) is 5.32 Å². The third-order valence-electron chi connectivity index (χ3n) is 2.99. The smallest absolute Gasteiger partial charge is 0.336 e. The van der Waals surface area contributed by atoms with E-state index in [1.807, 2.05) is 0 Å². The number of nitro groups is 1. The Labute approximate surface area is 119 Å². The lowest BCUT2D eigenvalue weighted by Gasteiger charge is -2.11. The summed E-state index contributed by atoms with van der Waals surface area (Å²) in [6, 6.07) is 7.52. The maximum Gasteiger partial charge on any atom is 0.336 e. The number of carboxylic acid groups (broad SMARTS) is 1. The summed E-state index contributed by atoms with van der Waals surface area (Å²) < 4.78 is 13.3. The van der Waals surface area contributed by atoms with Gasteiger partial charge in [-0.25, -0.2) is 9.18 Å². The summed E-state index contributed by atoms with van der Waals surface area (Å²) in [5.41, 5.74) is 0.508. The largest absolute Gasteiger partial charge is 0.478 e. The van der Waals surface area contributed by atoms with Gasteiger partial charge in [0.25, 0.3) is 5.69 Å². The average Bonchev–Trinajstić information content (AvgIpc) is 2.40. The van der Waals surface area contributed by atoms with Gasteiger partial charge in [-0.15, -0.1) is 0 Å². The van der Waals surface area contributed by atoms with Crippen LogP contribution in [0.2, 0.25) is 0 Å². The van der Waals surface area contributed by atoms with Crippen LogP contribution in [0.5, 0.6) is 0 Å². The summed E-state index contributed by atoms with van der Waals surface area (Å²) in [5, 5.41) is 22.7. The maximum atomic E-state index is 13.3. The van der Waals surface area contributed by atoms with E-state index in [9.17, 15) is 19.3 Å². The summed E-state index contributed by atoms with van der Waals surface area (Å²) in [7, 11) is 0. The normalized spacial score (nSPS) is 10.2. The third-order valence-corrected chi connectivity index (χ3v) is 2.99. The van der Waals surface area contributed by atoms with Crippen molar-refractivity contribution in [3.8, 4) is 0 Å². The highest BCUT2D eigenvalue weighted by Crippen LogP contribution is 2.30. The number of rotatable bonds is 4. The van der Waals surface area contributed by atoms with Gasteiger partial charge in [0.15, 0.2) is 0 Å². The Morgan fingerprint density at radius 1 is 1.29 bits per heavy atom. The molecular weight excluding hydrogens is 279 g/mol. The van der Waals surface area contributed by atoms with Gasteiger partial charge < -0.3 is 10.4 Å². The lowest BCUT2D eigenvalue weighted by atomic mass is 10.1. The molecule has 2 rings (SSSR count). The molecule has 0 aromatic heterocycles. The van der Waals surface area contributed by atoms with Gasteiger partial charge in [0.2, 0.25) is 0 Å². The third kappa shape index (κ3) is 2.97. The zero-order valence-corrected chi connectivity index (χ0v) is 11.0. The van der Waals surface area contributed by atoms with Gasteiger partial charge in [0, 0.05) is 17.8 Å². The number of nitrogens with zero attached hydrogens (tertiary/aromatic N) is 1. The molecule has 0 fully saturated rings. The molecule has 0 aliphatic carbocycles. The van der Waals surface area contributed by atoms with Crippen LogP contribution in [-0.2, 0) is 0 Å². The molecule has 0 heterocycles. The van der Waals surface area contributed by atoms with E-state index in [-0.39, 0.29) is 16.9 Å². The van der Waals surface area contributed by atoms with Crippen LogP contribution in [0.25, 0.3) is 0 Å². The van der Waals surface area contributed by atoms with Gasteiger partial charge in [-0.3, -0.25) is 10.1 Å². The summed E-state index contributed by atoms with van der Waals surface area (Å²) in [6.07, 6.45) is 0. The molecule has 2 aromatic carbocycles. The molecule has 7 heteroatoms. The second kappa shape index (κ2) is 5.58. The molecule has 6 nitrogen and oxygen atoms in total. The number of nitro benzene ring substituents is 1. The van der Waals surface area contributed by atoms with E-state index < -0.39 is 16.7 Å². The fourth-order valence-corrected chi connectivity index (χ4v) is 1.92. The van der Waals surface area contributed by atoms with Crippen LogP contribution in [0.3, 0.4) is 0 Å². The molecular formula is C14H11FN2O4. The molecule has 21 heavy (non-hydrogen) atoms. The first-order chi connectivity index (χ1) is 9.90. The average molecular weight is 290 g/mol. The van der Waals surface area contributed by atoms with Crippen LogP contribution < -0.4 is 5.32 Å². The number of carbonyl (C=O) groups is 1. The molecule has 0 spiro atoms. The van der Waals surface area contributed by atoms with Crippen molar-refractivity contribution in [2.45, 2.75) is 6.92 Å². The fraction of sp³-hybridized carbons (Fsp3) is 0.0714. The van der Waals surface area contributed by atoms with Crippen molar-refractivity contribution >= 4 is 23.0 Å². The topological polar surface area (TPSA) is 92.5 Å². The highest BCUT2D eigenvalue weighted by atomic mass is 19.1. The molecule has 0 aliphatic rings. The summed E-state index contributed by atoms with van der Waals surface area (Å²) >= 11 is 0. The van der Waals surface area contributed by atoms with Crippen LogP contribution >= 0.6 is 0 Å². The molecule has 0 radical (unpaired) electrons. The van der Waals surface area contributed by atoms with Gasteiger partial charge in [0.1, 0.15) is 11.5 Å². The van der Waals surface area contributed by atoms with Gasteiger partial charge >= 0.3 is 5.97 Å². The van der Waals surface area contributed by atoms with Crippen LogP contribution in [0, 0.1) is 22.9 Å². The molecule has 2 aromatic rings. The van der Waals surface area contributed by atoms with Crippen molar-refractivity contribution in [1.29, 1.82) is 0 Å². The van der Waals surface area contributed by atoms with Crippen molar-refractivity contribution in [2.24, 2.45) is 0 Å². The second-order valence-electron chi connectivity index (χ2n) is 4.33. The highest BCUT2D eigenvalue weighted by molar-refractivity contribution is 5.91. The van der Waals surface area contributed by atoms with Gasteiger partial charge in [-0.1, -0.05) is 6.07 Å². The molecule has 0 amide bonds. The minimum Gasteiger partial charge on any atom is -0.478 e. The van der Waals surface area contributed by atoms with Crippen molar-refractivity contribution in [1.82, 2.24) is 0 Å². The lowest BCUT2D eigenvalue weighted by Crippen LogP contribution is -2.04. The van der Waals surface area contributed by atoms with E-state index in [0.717, 1.165) is 18.2 Å². The first kappa shape index (κ1) is 14.4. The second-order valence-corrected chi connectivity index (χ2v) is 4.33. The van der Waals surface area contributed by atoms with Crippen LogP contribution in [-0.4, -0.2) is 16.0 Å². The summed E-state index contributed by atoms with van der Waals surface area (Å²) in [4.78, 5) is 21.4. The first-order valence-corrected chi connectivity index (χ1v) is 5.94. The Kier molecular flexibility index (Phi) is 3.84. The zero-order chi connectivity index (χ0) is 15.6.